The summed E-state index contributed by atoms with van der Waals surface area (Å²) in [5, 5.41) is 22.3. The fourth-order valence-electron chi connectivity index (χ4n) is 7.23. The van der Waals surface area contributed by atoms with Crippen molar-refractivity contribution in [3.05, 3.63) is 126 Å². The van der Waals surface area contributed by atoms with E-state index in [1.807, 2.05) is 109 Å². The summed E-state index contributed by atoms with van der Waals surface area (Å²) >= 11 is 6.26. The molecule has 0 aliphatic carbocycles. The van der Waals surface area contributed by atoms with Crippen molar-refractivity contribution in [2.24, 2.45) is 11.7 Å². The zero-order valence-corrected chi connectivity index (χ0v) is 38.3. The van der Waals surface area contributed by atoms with Crippen LogP contribution in [0.2, 0.25) is 0 Å². The van der Waals surface area contributed by atoms with Gasteiger partial charge in [-0.05, 0) is 99.2 Å². The van der Waals surface area contributed by atoms with Crippen LogP contribution >= 0.6 is 46.2 Å². The molecule has 0 atom stereocenters. The van der Waals surface area contributed by atoms with Gasteiger partial charge in [0, 0.05) is 71.3 Å². The molecule has 5 aromatic heterocycles. The minimum absolute atomic E-state index is 0.00434. The molecular weight excluding hydrogens is 887 g/mol. The van der Waals surface area contributed by atoms with Crippen molar-refractivity contribution < 1.29 is 14.4 Å². The van der Waals surface area contributed by atoms with Gasteiger partial charge in [0.05, 0.1) is 20.8 Å². The molecule has 9 rings (SSSR count). The summed E-state index contributed by atoms with van der Waals surface area (Å²) in [4.78, 5) is 60.8. The number of H-pyrrole nitrogens is 1. The van der Waals surface area contributed by atoms with Crippen molar-refractivity contribution in [3.8, 4) is 0 Å². The summed E-state index contributed by atoms with van der Waals surface area (Å²) in [5.74, 6) is 2.16. The molecule has 3 amide bonds. The Kier molecular flexibility index (Phi) is 14.5. The van der Waals surface area contributed by atoms with Crippen molar-refractivity contribution in [2.45, 2.75) is 63.7 Å². The molecule has 2 aliphatic rings. The van der Waals surface area contributed by atoms with Gasteiger partial charge in [0.15, 0.2) is 16.1 Å². The number of hydrogen-bond acceptors (Lipinski definition) is 16. The standard InChI is InChI=1S/C22H22N8OS2.C22H23N5O2S2/c1-14-5-6-16(32-19-13-24-22(33-19)25-18-4-2-3-9-23-18)12-17(14)21(31)30-10-7-15(8-11-30)20-26-28-29-27-20;1-14-5-6-16(12-17(14)21(29)27-10-7-15(8-11-27)20(23)28)30-19-13-25-22(31-19)26-18-4-2-3-9-24-18/h2-6,9,12-13,15H,7-8,10-11H2,1H3,(H,23,24,25)(H,26,27,28,29);2-6,9,12-13,15H,7-8,10-11H2,1H3,(H2,23,28)(H,24,25,26). The number of amides is 3. The van der Waals surface area contributed by atoms with Gasteiger partial charge in [-0.15, -0.1) is 10.2 Å². The number of nitrogens with one attached hydrogen (secondary N) is 3. The SMILES string of the molecule is Cc1ccc(Sc2cnc(Nc3ccccn3)s2)cc1C(=O)N1CCC(C(N)=O)CC1.Cc1ccc(Sc2cnc(Nc3ccccn3)s2)cc1C(=O)N1CCC(c2nn[nH]n2)CC1. The number of tetrazole rings is 1. The molecule has 20 heteroatoms. The first-order valence-electron chi connectivity index (χ1n) is 20.6. The van der Waals surface area contributed by atoms with E-state index >= 15 is 0 Å². The molecule has 2 aliphatic heterocycles. The molecule has 7 aromatic rings. The number of hydrogen-bond donors (Lipinski definition) is 4. The third kappa shape index (κ3) is 11.5. The maximum atomic E-state index is 13.3. The van der Waals surface area contributed by atoms with Crippen LogP contribution < -0.4 is 16.4 Å². The lowest BCUT2D eigenvalue weighted by molar-refractivity contribution is -0.123. The van der Waals surface area contributed by atoms with Gasteiger partial charge in [0.1, 0.15) is 11.6 Å². The van der Waals surface area contributed by atoms with Crippen LogP contribution in [0.4, 0.5) is 21.9 Å². The molecule has 328 valence electrons. The number of nitrogens with zero attached hydrogens (tertiary/aromatic N) is 9. The number of aromatic nitrogens is 8. The number of carbonyl (C=O) groups excluding carboxylic acids is 3. The quantitative estimate of drug-likeness (QED) is 0.0907. The summed E-state index contributed by atoms with van der Waals surface area (Å²) < 4.78 is 2.06. The number of nitrogens with two attached hydrogens (primary N) is 1. The molecule has 16 nitrogen and oxygen atoms in total. The van der Waals surface area contributed by atoms with E-state index in [0.717, 1.165) is 75.5 Å². The number of benzene rings is 2. The zero-order valence-electron chi connectivity index (χ0n) is 35.0. The monoisotopic (exact) mass is 931 g/mol. The first-order valence-corrected chi connectivity index (χ1v) is 23.9. The summed E-state index contributed by atoms with van der Waals surface area (Å²) in [5.41, 5.74) is 8.76. The average molecular weight is 932 g/mol. The molecule has 2 aromatic carbocycles. The second kappa shape index (κ2) is 21.0. The van der Waals surface area contributed by atoms with Gasteiger partial charge >= 0.3 is 0 Å². The van der Waals surface area contributed by atoms with Crippen LogP contribution in [-0.4, -0.2) is 94.3 Å². The van der Waals surface area contributed by atoms with E-state index in [2.05, 4.69) is 51.2 Å². The Labute approximate surface area is 386 Å². The van der Waals surface area contributed by atoms with Crippen LogP contribution in [0.3, 0.4) is 0 Å². The van der Waals surface area contributed by atoms with Gasteiger partial charge < -0.3 is 26.2 Å². The Balaban J connectivity index is 0.000000175. The van der Waals surface area contributed by atoms with Crippen LogP contribution in [0.5, 0.6) is 0 Å². The molecule has 0 saturated carbocycles. The highest BCUT2D eigenvalue weighted by atomic mass is 32.2. The normalized spacial score (nSPS) is 14.4. The van der Waals surface area contributed by atoms with Gasteiger partial charge in [0.2, 0.25) is 5.91 Å². The van der Waals surface area contributed by atoms with Crippen LogP contribution in [-0.2, 0) is 4.79 Å². The smallest absolute Gasteiger partial charge is 0.254 e. The first-order chi connectivity index (χ1) is 31.1. The largest absolute Gasteiger partial charge is 0.369 e. The van der Waals surface area contributed by atoms with Crippen LogP contribution in [0.15, 0.2) is 116 Å². The predicted molar refractivity (Wildman–Crippen MR) is 250 cm³/mol. The van der Waals surface area contributed by atoms with E-state index in [4.69, 9.17) is 5.73 Å². The number of aryl methyl sites for hydroxylation is 2. The number of likely N-dealkylation sites (tertiary alicyclic amines) is 2. The minimum Gasteiger partial charge on any atom is -0.369 e. The first kappa shape index (κ1) is 44.4. The molecular formula is C44H45N13O3S4. The van der Waals surface area contributed by atoms with E-state index < -0.39 is 0 Å². The Hall–Kier alpha value is -6.22. The minimum atomic E-state index is -0.275. The van der Waals surface area contributed by atoms with E-state index in [9.17, 15) is 14.4 Å². The Morgan fingerprint density at radius 2 is 1.19 bits per heavy atom. The number of carbonyl (C=O) groups is 3. The number of rotatable bonds is 12. The summed E-state index contributed by atoms with van der Waals surface area (Å²) in [6.45, 7) is 6.41. The maximum absolute atomic E-state index is 13.3. The third-order valence-electron chi connectivity index (χ3n) is 10.8. The lowest BCUT2D eigenvalue weighted by atomic mass is 9.95. The van der Waals surface area contributed by atoms with E-state index in [-0.39, 0.29) is 29.6 Å². The summed E-state index contributed by atoms with van der Waals surface area (Å²) in [7, 11) is 0. The van der Waals surface area contributed by atoms with Crippen molar-refractivity contribution >= 4 is 85.8 Å². The molecule has 2 fully saturated rings. The molecule has 0 spiro atoms. The van der Waals surface area contributed by atoms with Gasteiger partial charge in [-0.2, -0.15) is 5.21 Å². The summed E-state index contributed by atoms with van der Waals surface area (Å²) in [6, 6.07) is 23.3. The van der Waals surface area contributed by atoms with Crippen LogP contribution in [0, 0.1) is 19.8 Å². The van der Waals surface area contributed by atoms with Crippen LogP contribution in [0.1, 0.15) is 69.3 Å². The van der Waals surface area contributed by atoms with Crippen molar-refractivity contribution in [1.82, 2.24) is 50.4 Å². The van der Waals surface area contributed by atoms with Gasteiger partial charge in [-0.3, -0.25) is 14.4 Å². The highest BCUT2D eigenvalue weighted by molar-refractivity contribution is 8.01. The predicted octanol–water partition coefficient (Wildman–Crippen LogP) is 8.35. The second-order valence-electron chi connectivity index (χ2n) is 15.1. The molecule has 0 radical (unpaired) electrons. The topological polar surface area (TPSA) is 214 Å². The lowest BCUT2D eigenvalue weighted by Crippen LogP contribution is -2.41. The molecule has 0 unspecified atom stereocenters. The van der Waals surface area contributed by atoms with Crippen molar-refractivity contribution in [1.29, 1.82) is 0 Å². The van der Waals surface area contributed by atoms with Gasteiger partial charge in [0.25, 0.3) is 11.8 Å². The van der Waals surface area contributed by atoms with Crippen molar-refractivity contribution in [2.75, 3.05) is 36.8 Å². The Morgan fingerprint density at radius 1 is 0.688 bits per heavy atom. The van der Waals surface area contributed by atoms with E-state index in [1.165, 1.54) is 11.3 Å². The van der Waals surface area contributed by atoms with E-state index in [0.29, 0.717) is 44.6 Å². The average Bonchev–Trinajstić information content (AvgIpc) is 4.12. The number of pyridine rings is 2. The van der Waals surface area contributed by atoms with Gasteiger partial charge in [-0.1, -0.05) is 75.7 Å². The molecule has 2 saturated heterocycles. The summed E-state index contributed by atoms with van der Waals surface area (Å²) in [6.07, 6.45) is 10.1. The zero-order chi connectivity index (χ0) is 44.4. The highest BCUT2D eigenvalue weighted by Gasteiger charge is 2.29. The molecule has 5 N–H and O–H groups in total. The fourth-order valence-corrected chi connectivity index (χ4v) is 11.0. The van der Waals surface area contributed by atoms with Gasteiger partial charge in [-0.25, -0.2) is 19.9 Å². The Morgan fingerprint density at radius 3 is 1.62 bits per heavy atom. The Bertz CT molecular complexity index is 2670. The lowest BCUT2D eigenvalue weighted by Gasteiger charge is -2.31. The number of anilines is 4. The fraction of sp³-hybridized carbons (Fsp3) is 0.273. The molecule has 0 bridgehead atoms. The number of primary amides is 1. The van der Waals surface area contributed by atoms with E-state index in [1.54, 1.807) is 47.3 Å². The molecule has 64 heavy (non-hydrogen) atoms. The van der Waals surface area contributed by atoms with Crippen molar-refractivity contribution in [3.63, 3.8) is 0 Å². The second-order valence-corrected chi connectivity index (χ2v) is 19.9. The highest BCUT2D eigenvalue weighted by Crippen LogP contribution is 2.37. The third-order valence-corrected chi connectivity index (χ3v) is 14.8. The number of thiazole rings is 2. The maximum Gasteiger partial charge on any atom is 0.254 e. The molecule has 7 heterocycles. The number of piperidine rings is 2. The van der Waals surface area contributed by atoms with Crippen LogP contribution in [0.25, 0.3) is 0 Å². The number of aromatic amines is 1.